The standard InChI is InChI=1S/5H2O.2Ta/h5*1H2;;. The van der Waals surface area contributed by atoms with Crippen LogP contribution in [0.3, 0.4) is 0 Å². The molecule has 0 aliphatic heterocycles. The molecule has 50 valence electrons. The van der Waals surface area contributed by atoms with E-state index in [1.807, 2.05) is 0 Å². The SMILES string of the molecule is O.O.O.O.O.[Ta].[Ta]. The summed E-state index contributed by atoms with van der Waals surface area (Å²) >= 11 is 0. The minimum Gasteiger partial charge on any atom is -0.412 e. The monoisotopic (exact) mass is 452 g/mol. The second-order valence-corrected chi connectivity index (χ2v) is 0. The molecule has 0 saturated heterocycles. The zero-order valence-corrected chi connectivity index (χ0v) is 9.82. The van der Waals surface area contributed by atoms with Crippen LogP contribution >= 0.6 is 0 Å². The Kier molecular flexibility index (Phi) is 6700. The maximum absolute atomic E-state index is 0. The molecular formula is H10O5Ta2. The van der Waals surface area contributed by atoms with Gasteiger partial charge in [0.2, 0.25) is 0 Å². The van der Waals surface area contributed by atoms with Crippen molar-refractivity contribution in [3.8, 4) is 0 Å². The van der Waals surface area contributed by atoms with Crippen molar-refractivity contribution in [2.75, 3.05) is 0 Å². The molecule has 0 heterocycles. The zero-order chi connectivity index (χ0) is 0. The summed E-state index contributed by atoms with van der Waals surface area (Å²) in [6.07, 6.45) is 0. The zero-order valence-electron chi connectivity index (χ0n) is 3.39. The van der Waals surface area contributed by atoms with E-state index < -0.39 is 0 Å². The summed E-state index contributed by atoms with van der Waals surface area (Å²) in [5.74, 6) is 0. The quantitative estimate of drug-likeness (QED) is 0.350. The number of rotatable bonds is 0. The van der Waals surface area contributed by atoms with E-state index in [-0.39, 0.29) is 72.1 Å². The fourth-order valence-electron chi connectivity index (χ4n) is 0. The Labute approximate surface area is 72.0 Å². The summed E-state index contributed by atoms with van der Waals surface area (Å²) in [7, 11) is 0. The molecular weight excluding hydrogens is 442 g/mol. The largest absolute Gasteiger partial charge is 0.412 e. The van der Waals surface area contributed by atoms with Crippen molar-refractivity contribution in [1.29, 1.82) is 0 Å². The van der Waals surface area contributed by atoms with Crippen LogP contribution < -0.4 is 0 Å². The molecule has 0 rings (SSSR count). The molecule has 0 unspecified atom stereocenters. The van der Waals surface area contributed by atoms with Gasteiger partial charge < -0.3 is 27.4 Å². The van der Waals surface area contributed by atoms with Crippen molar-refractivity contribution in [3.63, 3.8) is 0 Å². The molecule has 0 aromatic rings. The van der Waals surface area contributed by atoms with Gasteiger partial charge >= 0.3 is 0 Å². The fraction of sp³-hybridized carbons (Fsp3) is 0. The Hall–Kier alpha value is 1.28. The van der Waals surface area contributed by atoms with Crippen LogP contribution in [0.15, 0.2) is 0 Å². The average Bonchev–Trinajstić information content (AvgIpc) is 0. The van der Waals surface area contributed by atoms with Gasteiger partial charge in [0.1, 0.15) is 0 Å². The van der Waals surface area contributed by atoms with E-state index in [1.54, 1.807) is 0 Å². The van der Waals surface area contributed by atoms with Crippen LogP contribution in [0.25, 0.3) is 0 Å². The Balaban J connectivity index is 0. The van der Waals surface area contributed by atoms with Crippen LogP contribution in [0.5, 0.6) is 0 Å². The van der Waals surface area contributed by atoms with Gasteiger partial charge in [-0.05, 0) is 0 Å². The normalized spacial score (nSPS) is 0. The Morgan fingerprint density at radius 2 is 0.286 bits per heavy atom. The van der Waals surface area contributed by atoms with E-state index in [1.165, 1.54) is 0 Å². The Morgan fingerprint density at radius 1 is 0.286 bits per heavy atom. The van der Waals surface area contributed by atoms with Crippen LogP contribution in [0.2, 0.25) is 0 Å². The van der Waals surface area contributed by atoms with Gasteiger partial charge in [0.05, 0.1) is 0 Å². The second-order valence-electron chi connectivity index (χ2n) is 0. The minimum absolute atomic E-state index is 0. The molecule has 7 heteroatoms. The third kappa shape index (κ3) is 124. The number of hydrogen-bond donors (Lipinski definition) is 0. The van der Waals surface area contributed by atoms with Crippen LogP contribution in [-0.4, -0.2) is 27.4 Å². The molecule has 0 fully saturated rings. The minimum atomic E-state index is 0. The van der Waals surface area contributed by atoms with Crippen molar-refractivity contribution >= 4 is 0 Å². The maximum Gasteiger partial charge on any atom is 0 e. The van der Waals surface area contributed by atoms with E-state index >= 15 is 0 Å². The third-order valence-corrected chi connectivity index (χ3v) is 0. The first-order valence-corrected chi connectivity index (χ1v) is 0. The van der Waals surface area contributed by atoms with Crippen LogP contribution in [0, 0.1) is 0 Å². The maximum atomic E-state index is 0. The van der Waals surface area contributed by atoms with E-state index in [9.17, 15) is 0 Å². The predicted molar refractivity (Wildman–Crippen MR) is 18.1 cm³/mol. The smallest absolute Gasteiger partial charge is 0 e. The van der Waals surface area contributed by atoms with Gasteiger partial charge in [-0.3, -0.25) is 0 Å². The first-order valence-electron chi connectivity index (χ1n) is 0. The number of hydrogen-bond acceptors (Lipinski definition) is 0. The molecule has 7 heavy (non-hydrogen) atoms. The van der Waals surface area contributed by atoms with E-state index in [0.29, 0.717) is 0 Å². The molecule has 0 aliphatic rings. The van der Waals surface area contributed by atoms with Crippen LogP contribution in [0.1, 0.15) is 0 Å². The predicted octanol–water partition coefficient (Wildman–Crippen LogP) is -4.13. The van der Waals surface area contributed by atoms with Gasteiger partial charge in [0.15, 0.2) is 0 Å². The molecule has 5 nitrogen and oxygen atoms in total. The van der Waals surface area contributed by atoms with Crippen molar-refractivity contribution in [1.82, 2.24) is 0 Å². The van der Waals surface area contributed by atoms with Crippen molar-refractivity contribution in [3.05, 3.63) is 0 Å². The van der Waals surface area contributed by atoms with E-state index in [2.05, 4.69) is 0 Å². The summed E-state index contributed by atoms with van der Waals surface area (Å²) in [6, 6.07) is 0. The molecule has 0 aromatic heterocycles. The van der Waals surface area contributed by atoms with Gasteiger partial charge in [-0.1, -0.05) is 0 Å². The summed E-state index contributed by atoms with van der Waals surface area (Å²) in [5.41, 5.74) is 0. The Bertz CT molecular complexity index is 6.04. The van der Waals surface area contributed by atoms with Gasteiger partial charge in [-0.25, -0.2) is 0 Å². The molecule has 10 N–H and O–H groups in total. The summed E-state index contributed by atoms with van der Waals surface area (Å²) in [4.78, 5) is 0. The van der Waals surface area contributed by atoms with Crippen LogP contribution in [-0.2, 0) is 44.8 Å². The van der Waals surface area contributed by atoms with Crippen molar-refractivity contribution < 1.29 is 72.1 Å². The van der Waals surface area contributed by atoms with Gasteiger partial charge in [-0.2, -0.15) is 0 Å². The topological polar surface area (TPSA) is 158 Å². The molecule has 0 saturated carbocycles. The summed E-state index contributed by atoms with van der Waals surface area (Å²) < 4.78 is 0. The Morgan fingerprint density at radius 3 is 0.286 bits per heavy atom. The van der Waals surface area contributed by atoms with Crippen molar-refractivity contribution in [2.45, 2.75) is 0 Å². The fourth-order valence-corrected chi connectivity index (χ4v) is 0. The molecule has 0 spiro atoms. The van der Waals surface area contributed by atoms with E-state index in [0.717, 1.165) is 0 Å². The summed E-state index contributed by atoms with van der Waals surface area (Å²) in [6.45, 7) is 0. The summed E-state index contributed by atoms with van der Waals surface area (Å²) in [5, 5.41) is 0. The molecule has 0 amide bonds. The van der Waals surface area contributed by atoms with Crippen molar-refractivity contribution in [2.24, 2.45) is 0 Å². The second kappa shape index (κ2) is 175. The first kappa shape index (κ1) is 268. The molecule has 0 aromatic carbocycles. The molecule has 2 radical (unpaired) electrons. The average molecular weight is 452 g/mol. The van der Waals surface area contributed by atoms with Gasteiger partial charge in [-0.15, -0.1) is 0 Å². The first-order chi connectivity index (χ1) is 0. The van der Waals surface area contributed by atoms with Gasteiger partial charge in [0, 0.05) is 44.8 Å². The van der Waals surface area contributed by atoms with Gasteiger partial charge in [0.25, 0.3) is 0 Å². The molecule has 0 bridgehead atoms. The third-order valence-electron chi connectivity index (χ3n) is 0. The van der Waals surface area contributed by atoms with Crippen LogP contribution in [0.4, 0.5) is 0 Å². The molecule has 0 atom stereocenters. The molecule has 0 aliphatic carbocycles. The van der Waals surface area contributed by atoms with E-state index in [4.69, 9.17) is 0 Å².